The molecule has 3 heteroatoms. The number of rotatable bonds is 4. The third kappa shape index (κ3) is 2.89. The van der Waals surface area contributed by atoms with E-state index in [1.165, 1.54) is 11.1 Å². The Balaban J connectivity index is 1.58. The molecule has 0 aromatic heterocycles. The molecule has 20 heavy (non-hydrogen) atoms. The van der Waals surface area contributed by atoms with Crippen LogP contribution in [0.2, 0.25) is 0 Å². The Morgan fingerprint density at radius 3 is 2.75 bits per heavy atom. The Kier molecular flexibility index (Phi) is 4.08. The SMILES string of the molecule is CC(NCC1Cc2ccccc2O1)c1ccccc1Br. The molecule has 3 rings (SSSR count). The van der Waals surface area contributed by atoms with E-state index < -0.39 is 0 Å². The van der Waals surface area contributed by atoms with Gasteiger partial charge in [-0.05, 0) is 30.2 Å². The van der Waals surface area contributed by atoms with Gasteiger partial charge in [0.2, 0.25) is 0 Å². The van der Waals surface area contributed by atoms with Crippen LogP contribution < -0.4 is 10.1 Å². The average Bonchev–Trinajstić information content (AvgIpc) is 2.88. The van der Waals surface area contributed by atoms with Crippen molar-refractivity contribution >= 4 is 15.9 Å². The second kappa shape index (κ2) is 5.98. The second-order valence-corrected chi connectivity index (χ2v) is 6.06. The van der Waals surface area contributed by atoms with Gasteiger partial charge in [-0.15, -0.1) is 0 Å². The molecule has 0 aliphatic carbocycles. The summed E-state index contributed by atoms with van der Waals surface area (Å²) in [6, 6.07) is 16.9. The molecule has 1 aliphatic heterocycles. The lowest BCUT2D eigenvalue weighted by Crippen LogP contribution is -2.32. The van der Waals surface area contributed by atoms with Crippen LogP contribution in [0.5, 0.6) is 5.75 Å². The standard InChI is InChI=1S/C17H18BrNO/c1-12(15-7-3-4-8-16(15)18)19-11-14-10-13-6-2-5-9-17(13)20-14/h2-9,12,14,19H,10-11H2,1H3. The van der Waals surface area contributed by atoms with E-state index in [2.05, 4.69) is 58.5 Å². The molecule has 2 atom stereocenters. The average molecular weight is 332 g/mol. The van der Waals surface area contributed by atoms with Gasteiger partial charge in [0.15, 0.2) is 0 Å². The number of ether oxygens (including phenoxy) is 1. The maximum absolute atomic E-state index is 5.95. The zero-order valence-electron chi connectivity index (χ0n) is 11.5. The van der Waals surface area contributed by atoms with Gasteiger partial charge in [-0.1, -0.05) is 52.3 Å². The van der Waals surface area contributed by atoms with Crippen molar-refractivity contribution < 1.29 is 4.74 Å². The Morgan fingerprint density at radius 2 is 1.95 bits per heavy atom. The van der Waals surface area contributed by atoms with Gasteiger partial charge in [0, 0.05) is 23.5 Å². The highest BCUT2D eigenvalue weighted by molar-refractivity contribution is 9.10. The minimum Gasteiger partial charge on any atom is -0.488 e. The molecule has 1 aliphatic rings. The molecule has 0 fully saturated rings. The predicted molar refractivity (Wildman–Crippen MR) is 85.1 cm³/mol. The summed E-state index contributed by atoms with van der Waals surface area (Å²) in [7, 11) is 0. The van der Waals surface area contributed by atoms with Crippen molar-refractivity contribution in [2.45, 2.75) is 25.5 Å². The number of para-hydroxylation sites is 1. The molecule has 0 saturated carbocycles. The number of fused-ring (bicyclic) bond motifs is 1. The van der Waals surface area contributed by atoms with Crippen molar-refractivity contribution in [2.24, 2.45) is 0 Å². The van der Waals surface area contributed by atoms with Crippen molar-refractivity contribution in [3.8, 4) is 5.75 Å². The summed E-state index contributed by atoms with van der Waals surface area (Å²) >= 11 is 3.60. The summed E-state index contributed by atoms with van der Waals surface area (Å²) in [5.74, 6) is 1.04. The summed E-state index contributed by atoms with van der Waals surface area (Å²) in [6.07, 6.45) is 1.23. The topological polar surface area (TPSA) is 21.3 Å². The largest absolute Gasteiger partial charge is 0.488 e. The molecule has 0 bridgehead atoms. The summed E-state index contributed by atoms with van der Waals surface area (Å²) in [6.45, 7) is 3.04. The summed E-state index contributed by atoms with van der Waals surface area (Å²) in [5, 5.41) is 3.56. The Hall–Kier alpha value is -1.32. The van der Waals surface area contributed by atoms with E-state index in [4.69, 9.17) is 4.74 Å². The van der Waals surface area contributed by atoms with Gasteiger partial charge >= 0.3 is 0 Å². The molecule has 2 unspecified atom stereocenters. The summed E-state index contributed by atoms with van der Waals surface area (Å²) in [4.78, 5) is 0. The lowest BCUT2D eigenvalue weighted by molar-refractivity contribution is 0.222. The molecule has 0 radical (unpaired) electrons. The zero-order valence-corrected chi connectivity index (χ0v) is 13.1. The van der Waals surface area contributed by atoms with Crippen LogP contribution in [-0.2, 0) is 6.42 Å². The lowest BCUT2D eigenvalue weighted by atomic mass is 10.1. The molecular formula is C17H18BrNO. The Morgan fingerprint density at radius 1 is 1.20 bits per heavy atom. The van der Waals surface area contributed by atoms with Crippen LogP contribution in [0.3, 0.4) is 0 Å². The van der Waals surface area contributed by atoms with Crippen LogP contribution in [-0.4, -0.2) is 12.6 Å². The van der Waals surface area contributed by atoms with Gasteiger partial charge in [-0.25, -0.2) is 0 Å². The van der Waals surface area contributed by atoms with Crippen molar-refractivity contribution in [2.75, 3.05) is 6.54 Å². The van der Waals surface area contributed by atoms with E-state index in [-0.39, 0.29) is 6.10 Å². The zero-order chi connectivity index (χ0) is 13.9. The first-order valence-corrected chi connectivity index (χ1v) is 7.75. The highest BCUT2D eigenvalue weighted by atomic mass is 79.9. The van der Waals surface area contributed by atoms with E-state index in [0.717, 1.165) is 23.2 Å². The quantitative estimate of drug-likeness (QED) is 0.910. The maximum Gasteiger partial charge on any atom is 0.123 e. The fourth-order valence-electron chi connectivity index (χ4n) is 2.61. The highest BCUT2D eigenvalue weighted by Crippen LogP contribution is 2.28. The van der Waals surface area contributed by atoms with E-state index in [1.807, 2.05) is 18.2 Å². The number of benzene rings is 2. The molecular weight excluding hydrogens is 314 g/mol. The van der Waals surface area contributed by atoms with Crippen molar-refractivity contribution in [3.63, 3.8) is 0 Å². The van der Waals surface area contributed by atoms with Crippen molar-refractivity contribution in [3.05, 3.63) is 64.1 Å². The monoisotopic (exact) mass is 331 g/mol. The Bertz CT molecular complexity index is 574. The molecule has 2 nitrogen and oxygen atoms in total. The van der Waals surface area contributed by atoms with Gasteiger partial charge in [0.25, 0.3) is 0 Å². The van der Waals surface area contributed by atoms with E-state index in [0.29, 0.717) is 6.04 Å². The van der Waals surface area contributed by atoms with Gasteiger partial charge in [-0.3, -0.25) is 0 Å². The van der Waals surface area contributed by atoms with Gasteiger partial charge in [0.05, 0.1) is 0 Å². The molecule has 0 spiro atoms. The molecule has 104 valence electrons. The van der Waals surface area contributed by atoms with Crippen LogP contribution in [0.4, 0.5) is 0 Å². The first kappa shape index (κ1) is 13.7. The third-order valence-corrected chi connectivity index (χ3v) is 4.46. The van der Waals surface area contributed by atoms with Gasteiger partial charge < -0.3 is 10.1 Å². The van der Waals surface area contributed by atoms with Crippen LogP contribution in [0.15, 0.2) is 53.0 Å². The fourth-order valence-corrected chi connectivity index (χ4v) is 3.24. The molecule has 1 N–H and O–H groups in total. The van der Waals surface area contributed by atoms with Crippen LogP contribution in [0.1, 0.15) is 24.1 Å². The van der Waals surface area contributed by atoms with Crippen LogP contribution >= 0.6 is 15.9 Å². The number of nitrogens with one attached hydrogen (secondary N) is 1. The molecule has 1 heterocycles. The van der Waals surface area contributed by atoms with Gasteiger partial charge in [-0.2, -0.15) is 0 Å². The smallest absolute Gasteiger partial charge is 0.123 e. The molecule has 0 amide bonds. The lowest BCUT2D eigenvalue weighted by Gasteiger charge is -2.18. The third-order valence-electron chi connectivity index (χ3n) is 3.74. The van der Waals surface area contributed by atoms with E-state index >= 15 is 0 Å². The fraction of sp³-hybridized carbons (Fsp3) is 0.294. The summed E-state index contributed by atoms with van der Waals surface area (Å²) in [5.41, 5.74) is 2.59. The van der Waals surface area contributed by atoms with Gasteiger partial charge in [0.1, 0.15) is 11.9 Å². The molecule has 2 aromatic carbocycles. The first-order valence-electron chi connectivity index (χ1n) is 6.96. The van der Waals surface area contributed by atoms with Crippen molar-refractivity contribution in [1.29, 1.82) is 0 Å². The summed E-state index contributed by atoms with van der Waals surface area (Å²) < 4.78 is 7.10. The van der Waals surface area contributed by atoms with Crippen LogP contribution in [0, 0.1) is 0 Å². The highest BCUT2D eigenvalue weighted by Gasteiger charge is 2.22. The Labute approximate surface area is 128 Å². The molecule has 0 saturated heterocycles. The minimum atomic E-state index is 0.234. The first-order chi connectivity index (χ1) is 9.74. The molecule has 2 aromatic rings. The van der Waals surface area contributed by atoms with Crippen molar-refractivity contribution in [1.82, 2.24) is 5.32 Å². The van der Waals surface area contributed by atoms with Crippen LogP contribution in [0.25, 0.3) is 0 Å². The second-order valence-electron chi connectivity index (χ2n) is 5.20. The maximum atomic E-state index is 5.95. The predicted octanol–water partition coefficient (Wildman–Crippen LogP) is 4.10. The number of hydrogen-bond acceptors (Lipinski definition) is 2. The van der Waals surface area contributed by atoms with E-state index in [1.54, 1.807) is 0 Å². The normalized spacial score (nSPS) is 18.4. The van der Waals surface area contributed by atoms with E-state index in [9.17, 15) is 0 Å². The minimum absolute atomic E-state index is 0.234. The number of halogens is 1. The number of hydrogen-bond donors (Lipinski definition) is 1.